The van der Waals surface area contributed by atoms with E-state index in [1.807, 2.05) is 38.1 Å². The molecule has 0 fully saturated rings. The first kappa shape index (κ1) is 36.7. The van der Waals surface area contributed by atoms with Crippen LogP contribution in [0.1, 0.15) is 56.8 Å². The number of hydrogen-bond donors (Lipinski definition) is 0. The lowest BCUT2D eigenvalue weighted by atomic mass is 9.99. The number of aryl methyl sites for hydroxylation is 4. The average molecular weight is 679 g/mol. The molecule has 0 amide bonds. The van der Waals surface area contributed by atoms with E-state index < -0.39 is 23.9 Å². The van der Waals surface area contributed by atoms with E-state index in [0.29, 0.717) is 45.3 Å². The van der Waals surface area contributed by atoms with Crippen LogP contribution in [0.4, 0.5) is 0 Å². The Morgan fingerprint density at radius 1 is 0.520 bits per heavy atom. The van der Waals surface area contributed by atoms with E-state index in [2.05, 4.69) is 13.2 Å². The Labute approximate surface area is 290 Å². The molecule has 258 valence electrons. The minimum absolute atomic E-state index is 0.267. The highest BCUT2D eigenvalue weighted by Crippen LogP contribution is 2.32. The summed E-state index contributed by atoms with van der Waals surface area (Å²) in [7, 11) is 0. The molecular weight excluding hydrogens is 640 g/mol. The van der Waals surface area contributed by atoms with Gasteiger partial charge in [-0.2, -0.15) is 0 Å². The van der Waals surface area contributed by atoms with Gasteiger partial charge in [0.05, 0.1) is 11.1 Å². The molecule has 10 heteroatoms. The third kappa shape index (κ3) is 9.47. The van der Waals surface area contributed by atoms with Crippen molar-refractivity contribution in [3.05, 3.63) is 130 Å². The molecule has 0 heterocycles. The molecule has 0 saturated heterocycles. The normalized spacial score (nSPS) is 10.4. The summed E-state index contributed by atoms with van der Waals surface area (Å²) in [5, 5.41) is 0. The number of carbonyl (C=O) groups excluding carboxylic acids is 4. The van der Waals surface area contributed by atoms with Crippen molar-refractivity contribution < 1.29 is 47.6 Å². The van der Waals surface area contributed by atoms with Gasteiger partial charge >= 0.3 is 23.9 Å². The first-order chi connectivity index (χ1) is 23.7. The maximum atomic E-state index is 13.1. The van der Waals surface area contributed by atoms with E-state index in [1.165, 1.54) is 0 Å². The van der Waals surface area contributed by atoms with Crippen molar-refractivity contribution in [1.29, 1.82) is 0 Å². The van der Waals surface area contributed by atoms with Crippen molar-refractivity contribution in [2.24, 2.45) is 0 Å². The van der Waals surface area contributed by atoms with Gasteiger partial charge < -0.3 is 28.4 Å². The Balaban J connectivity index is 1.37. The molecule has 4 aromatic carbocycles. The van der Waals surface area contributed by atoms with Crippen molar-refractivity contribution in [2.45, 2.75) is 41.5 Å². The predicted octanol–water partition coefficient (Wildman–Crippen LogP) is 7.94. The van der Waals surface area contributed by atoms with E-state index >= 15 is 0 Å². The van der Waals surface area contributed by atoms with Crippen molar-refractivity contribution in [2.75, 3.05) is 13.6 Å². The third-order valence-electron chi connectivity index (χ3n) is 7.42. The van der Waals surface area contributed by atoms with Gasteiger partial charge in [0.15, 0.2) is 0 Å². The fraction of sp³-hybridized carbons (Fsp3) is 0.200. The second-order valence-electron chi connectivity index (χ2n) is 11.6. The van der Waals surface area contributed by atoms with E-state index in [-0.39, 0.29) is 24.7 Å². The van der Waals surface area contributed by atoms with Gasteiger partial charge in [0, 0.05) is 11.1 Å². The van der Waals surface area contributed by atoms with E-state index in [1.54, 1.807) is 76.2 Å². The van der Waals surface area contributed by atoms with Crippen molar-refractivity contribution >= 4 is 23.9 Å². The zero-order valence-corrected chi connectivity index (χ0v) is 28.8. The monoisotopic (exact) mass is 678 g/mol. The first-order valence-electron chi connectivity index (χ1n) is 15.5. The smallest absolute Gasteiger partial charge is 0.343 e. The number of esters is 4. The summed E-state index contributed by atoms with van der Waals surface area (Å²) >= 11 is 0. The second-order valence-corrected chi connectivity index (χ2v) is 11.6. The highest BCUT2D eigenvalue weighted by atomic mass is 16.7. The Hall–Kier alpha value is -6.16. The van der Waals surface area contributed by atoms with Gasteiger partial charge in [0.2, 0.25) is 13.6 Å². The zero-order valence-electron chi connectivity index (χ0n) is 28.8. The Kier molecular flexibility index (Phi) is 12.0. The minimum atomic E-state index is -0.555. The molecule has 0 atom stereocenters. The van der Waals surface area contributed by atoms with Gasteiger partial charge in [0.25, 0.3) is 0 Å². The molecule has 0 bridgehead atoms. The van der Waals surface area contributed by atoms with Crippen LogP contribution in [0.2, 0.25) is 0 Å². The first-order valence-corrected chi connectivity index (χ1v) is 15.5. The van der Waals surface area contributed by atoms with E-state index in [4.69, 9.17) is 28.4 Å². The molecule has 0 spiro atoms. The van der Waals surface area contributed by atoms with Crippen LogP contribution < -0.4 is 18.9 Å². The van der Waals surface area contributed by atoms with Gasteiger partial charge in [-0.1, -0.05) is 25.3 Å². The summed E-state index contributed by atoms with van der Waals surface area (Å²) in [5.74, 6) is -0.478. The van der Waals surface area contributed by atoms with E-state index in [0.717, 1.165) is 22.3 Å². The Morgan fingerprint density at radius 2 is 0.940 bits per heavy atom. The van der Waals surface area contributed by atoms with Gasteiger partial charge in [-0.05, 0) is 136 Å². The molecular formula is C40H38O10. The molecule has 10 nitrogen and oxygen atoms in total. The third-order valence-corrected chi connectivity index (χ3v) is 7.42. The summed E-state index contributed by atoms with van der Waals surface area (Å²) in [5.41, 5.74) is 5.81. The molecule has 0 radical (unpaired) electrons. The van der Waals surface area contributed by atoms with Gasteiger partial charge in [-0.15, -0.1) is 0 Å². The molecule has 4 rings (SSSR count). The average Bonchev–Trinajstić information content (AvgIpc) is 3.06. The summed E-state index contributed by atoms with van der Waals surface area (Å²) in [6.07, 6.45) is 0. The number of ether oxygens (including phenoxy) is 6. The van der Waals surface area contributed by atoms with Gasteiger partial charge in [0.1, 0.15) is 23.0 Å². The van der Waals surface area contributed by atoms with Crippen LogP contribution in [0, 0.1) is 27.7 Å². The predicted molar refractivity (Wildman–Crippen MR) is 186 cm³/mol. The maximum Gasteiger partial charge on any atom is 0.343 e. The lowest BCUT2D eigenvalue weighted by Crippen LogP contribution is -2.13. The van der Waals surface area contributed by atoms with Gasteiger partial charge in [-0.25, -0.2) is 19.2 Å². The molecule has 0 unspecified atom stereocenters. The topological polar surface area (TPSA) is 124 Å². The van der Waals surface area contributed by atoms with Crippen LogP contribution in [-0.2, 0) is 19.1 Å². The zero-order chi connectivity index (χ0) is 36.5. The number of carbonyl (C=O) groups is 4. The largest absolute Gasteiger partial charge is 0.457 e. The Bertz CT molecular complexity index is 1950. The van der Waals surface area contributed by atoms with Crippen LogP contribution in [0.25, 0.3) is 11.1 Å². The quantitative estimate of drug-likeness (QED) is 0.0596. The number of hydrogen-bond acceptors (Lipinski definition) is 10. The highest BCUT2D eigenvalue weighted by molar-refractivity contribution is 5.94. The fourth-order valence-electron chi connectivity index (χ4n) is 4.76. The summed E-state index contributed by atoms with van der Waals surface area (Å²) in [6.45, 7) is 16.8. The van der Waals surface area contributed by atoms with Crippen molar-refractivity contribution in [1.82, 2.24) is 0 Å². The summed E-state index contributed by atoms with van der Waals surface area (Å²) in [4.78, 5) is 49.1. The number of rotatable bonds is 13. The second kappa shape index (κ2) is 16.3. The molecule has 0 aliphatic heterocycles. The van der Waals surface area contributed by atoms with Crippen molar-refractivity contribution in [3.63, 3.8) is 0 Å². The summed E-state index contributed by atoms with van der Waals surface area (Å²) in [6, 6.07) is 20.6. The van der Waals surface area contributed by atoms with Crippen LogP contribution in [0.3, 0.4) is 0 Å². The minimum Gasteiger partial charge on any atom is -0.457 e. The molecule has 0 aromatic heterocycles. The summed E-state index contributed by atoms with van der Waals surface area (Å²) < 4.78 is 32.2. The molecule has 50 heavy (non-hydrogen) atoms. The van der Waals surface area contributed by atoms with Crippen LogP contribution in [0.15, 0.2) is 97.1 Å². The van der Waals surface area contributed by atoms with Crippen LogP contribution in [-0.4, -0.2) is 37.5 Å². The SMILES string of the molecule is C=C(C)C(=O)OCOc1ccc(C(=O)Oc2ccc(-c3cc(C)c(OC(=O)c4ccc(OCOC(=O)C(=C)C)cc4C)c(C)c3)cc2)c(C)c1. The molecule has 0 aliphatic rings. The highest BCUT2D eigenvalue weighted by Gasteiger charge is 2.18. The van der Waals surface area contributed by atoms with E-state index in [9.17, 15) is 19.2 Å². The van der Waals surface area contributed by atoms with Crippen LogP contribution in [0.5, 0.6) is 23.0 Å². The lowest BCUT2D eigenvalue weighted by molar-refractivity contribution is -0.146. The molecule has 0 N–H and O–H groups in total. The lowest BCUT2D eigenvalue weighted by Gasteiger charge is -2.15. The molecule has 0 saturated carbocycles. The fourth-order valence-corrected chi connectivity index (χ4v) is 4.76. The van der Waals surface area contributed by atoms with Crippen molar-refractivity contribution in [3.8, 4) is 34.1 Å². The molecule has 4 aromatic rings. The van der Waals surface area contributed by atoms with Crippen LogP contribution >= 0.6 is 0 Å². The van der Waals surface area contributed by atoms with Gasteiger partial charge in [-0.3, -0.25) is 0 Å². The Morgan fingerprint density at radius 3 is 1.36 bits per heavy atom. The standard InChI is InChI=1S/C40H38O10/c1-23(2)37(41)47-21-45-32-13-15-34(25(5)19-32)39(43)49-31-11-9-29(10-12-31)30-17-27(7)36(28(8)18-30)50-40(44)35-16-14-33(20-26(35)6)46-22-48-38(42)24(3)4/h9-20H,1,3,21-22H2,2,4-8H3. The maximum absolute atomic E-state index is 13.1. The molecule has 0 aliphatic carbocycles. The number of benzene rings is 4.